The first-order chi connectivity index (χ1) is 16.5. The maximum Gasteiger partial charge on any atom is 0.472 e. The lowest BCUT2D eigenvalue weighted by atomic mass is 10.1. The number of fused-ring (bicyclic) bond motifs is 2. The van der Waals surface area contributed by atoms with E-state index in [1.165, 1.54) is 18.1 Å². The molecule has 13 heteroatoms. The molecule has 2 aromatic heterocycles. The fourth-order valence-corrected chi connectivity index (χ4v) is 6.58. The molecule has 0 bridgehead atoms. The number of aliphatic hydroxyl groups is 1. The number of rotatable bonds is 5. The third-order valence-electron chi connectivity index (χ3n) is 6.26. The van der Waals surface area contributed by atoms with Crippen LogP contribution in [0, 0.1) is 0 Å². The Bertz CT molecular complexity index is 1240. The van der Waals surface area contributed by atoms with E-state index in [4.69, 9.17) is 18.8 Å². The van der Waals surface area contributed by atoms with Crippen LogP contribution in [-0.2, 0) is 24.1 Å². The molecule has 2 N–H and O–H groups in total. The Morgan fingerprint density at radius 3 is 2.76 bits per heavy atom. The van der Waals surface area contributed by atoms with E-state index in [1.807, 2.05) is 30.3 Å². The second-order valence-corrected chi connectivity index (χ2v) is 10.8. The Morgan fingerprint density at radius 1 is 1.18 bits per heavy atom. The fourth-order valence-electron chi connectivity index (χ4n) is 4.64. The summed E-state index contributed by atoms with van der Waals surface area (Å²) in [6.07, 6.45) is -0.148. The van der Waals surface area contributed by atoms with Gasteiger partial charge in [-0.3, -0.25) is 13.6 Å². The van der Waals surface area contributed by atoms with Crippen LogP contribution in [0.2, 0.25) is 0 Å². The van der Waals surface area contributed by atoms with Crippen molar-refractivity contribution in [3.8, 4) is 0 Å². The van der Waals surface area contributed by atoms with Gasteiger partial charge in [0, 0.05) is 18.8 Å². The Morgan fingerprint density at radius 2 is 1.97 bits per heavy atom. The van der Waals surface area contributed by atoms with E-state index in [2.05, 4.69) is 14.9 Å². The van der Waals surface area contributed by atoms with Crippen LogP contribution in [0.3, 0.4) is 0 Å². The monoisotopic (exact) mass is 505 g/mol. The Hall–Kier alpha value is -2.05. The summed E-state index contributed by atoms with van der Waals surface area (Å²) in [7, 11) is -4.23. The molecule has 0 saturated carbocycles. The van der Waals surface area contributed by atoms with Crippen LogP contribution in [-0.4, -0.2) is 67.5 Å². The number of benzene rings is 1. The standard InChI is InChI=1S/C21H24N5O6PS/c27-16-17-14(10-30-33(28,29)32-17)31-20(16)26-19-15(18(22-12-23-19)25-8-4-5-9-25)24-21(26)34-11-13-6-2-1-3-7-13/h1-3,6-7,12,14,16-17,20,27H,4-5,8-11H2,(H,28,29). The van der Waals surface area contributed by atoms with E-state index in [-0.39, 0.29) is 6.61 Å². The lowest BCUT2D eigenvalue weighted by molar-refractivity contribution is -0.0684. The van der Waals surface area contributed by atoms with Gasteiger partial charge in [-0.1, -0.05) is 42.1 Å². The molecule has 3 fully saturated rings. The van der Waals surface area contributed by atoms with Crippen LogP contribution in [0.15, 0.2) is 41.8 Å². The molecule has 3 aliphatic heterocycles. The summed E-state index contributed by atoms with van der Waals surface area (Å²) in [5.74, 6) is 1.41. The minimum absolute atomic E-state index is 0.154. The number of nitrogens with zero attached hydrogens (tertiary/aromatic N) is 5. The molecular formula is C21H24N5O6PS. The molecule has 1 aromatic carbocycles. The van der Waals surface area contributed by atoms with Gasteiger partial charge in [-0.05, 0) is 18.4 Å². The number of anilines is 1. The summed E-state index contributed by atoms with van der Waals surface area (Å²) in [4.78, 5) is 25.8. The highest BCUT2D eigenvalue weighted by molar-refractivity contribution is 7.98. The summed E-state index contributed by atoms with van der Waals surface area (Å²) in [6.45, 7) is 1.64. The molecule has 0 aliphatic carbocycles. The molecule has 34 heavy (non-hydrogen) atoms. The Kier molecular flexibility index (Phi) is 5.85. The topological polar surface area (TPSA) is 132 Å². The predicted octanol–water partition coefficient (Wildman–Crippen LogP) is 2.49. The highest BCUT2D eigenvalue weighted by atomic mass is 32.2. The number of phosphoric acid groups is 1. The fraction of sp³-hybridized carbons (Fsp3) is 0.476. The molecule has 11 nitrogen and oxygen atoms in total. The van der Waals surface area contributed by atoms with Crippen LogP contribution in [0.1, 0.15) is 24.6 Å². The molecular weight excluding hydrogens is 481 g/mol. The number of aromatic nitrogens is 4. The van der Waals surface area contributed by atoms with E-state index in [1.54, 1.807) is 4.57 Å². The first-order valence-corrected chi connectivity index (χ1v) is 13.6. The predicted molar refractivity (Wildman–Crippen MR) is 123 cm³/mol. The van der Waals surface area contributed by atoms with Gasteiger partial charge in [-0.25, -0.2) is 19.5 Å². The quantitative estimate of drug-likeness (QED) is 0.391. The van der Waals surface area contributed by atoms with Crippen molar-refractivity contribution in [2.45, 2.75) is 48.3 Å². The van der Waals surface area contributed by atoms with Gasteiger partial charge in [0.25, 0.3) is 0 Å². The smallest absolute Gasteiger partial charge is 0.386 e. The zero-order valence-corrected chi connectivity index (χ0v) is 19.8. The maximum atomic E-state index is 11.9. The summed E-state index contributed by atoms with van der Waals surface area (Å²) in [5, 5.41) is 11.7. The van der Waals surface area contributed by atoms with Gasteiger partial charge in [0.1, 0.15) is 24.6 Å². The first-order valence-electron chi connectivity index (χ1n) is 11.1. The van der Waals surface area contributed by atoms with Crippen molar-refractivity contribution in [2.24, 2.45) is 0 Å². The second kappa shape index (κ2) is 8.87. The number of imidazole rings is 1. The zero-order valence-electron chi connectivity index (χ0n) is 18.1. The number of aliphatic hydroxyl groups excluding tert-OH is 1. The van der Waals surface area contributed by atoms with Gasteiger partial charge in [0.05, 0.1) is 6.61 Å². The number of thioether (sulfide) groups is 1. The van der Waals surface area contributed by atoms with Crippen LogP contribution in [0.4, 0.5) is 5.82 Å². The molecule has 0 amide bonds. The molecule has 3 aromatic rings. The third kappa shape index (κ3) is 4.03. The molecule has 5 heterocycles. The molecule has 5 atom stereocenters. The number of phosphoric ester groups is 1. The molecule has 5 unspecified atom stereocenters. The summed E-state index contributed by atoms with van der Waals surface area (Å²) >= 11 is 1.50. The average molecular weight is 505 g/mol. The van der Waals surface area contributed by atoms with E-state index < -0.39 is 32.4 Å². The van der Waals surface area contributed by atoms with Gasteiger partial charge >= 0.3 is 7.82 Å². The van der Waals surface area contributed by atoms with E-state index >= 15 is 0 Å². The summed E-state index contributed by atoms with van der Waals surface area (Å²) in [5.41, 5.74) is 2.29. The van der Waals surface area contributed by atoms with Crippen molar-refractivity contribution in [1.29, 1.82) is 0 Å². The molecule has 0 radical (unpaired) electrons. The lowest BCUT2D eigenvalue weighted by Crippen LogP contribution is -2.39. The second-order valence-electron chi connectivity index (χ2n) is 8.49. The number of hydrogen-bond donors (Lipinski definition) is 2. The highest BCUT2D eigenvalue weighted by Gasteiger charge is 2.53. The van der Waals surface area contributed by atoms with Crippen molar-refractivity contribution in [3.63, 3.8) is 0 Å². The van der Waals surface area contributed by atoms with Crippen LogP contribution in [0.5, 0.6) is 0 Å². The number of hydrogen-bond acceptors (Lipinski definition) is 10. The van der Waals surface area contributed by atoms with Crippen molar-refractivity contribution < 1.29 is 28.3 Å². The van der Waals surface area contributed by atoms with E-state index in [0.717, 1.165) is 37.3 Å². The molecule has 0 spiro atoms. The van der Waals surface area contributed by atoms with Crippen LogP contribution < -0.4 is 4.90 Å². The largest absolute Gasteiger partial charge is 0.472 e. The number of ether oxygens (including phenoxy) is 1. The van der Waals surface area contributed by atoms with Crippen molar-refractivity contribution in [3.05, 3.63) is 42.2 Å². The normalized spacial score (nSPS) is 31.3. The van der Waals surface area contributed by atoms with Gasteiger partial charge < -0.3 is 19.6 Å². The first kappa shape index (κ1) is 22.4. The summed E-state index contributed by atoms with van der Waals surface area (Å²) < 4.78 is 29.8. The minimum atomic E-state index is -4.23. The van der Waals surface area contributed by atoms with Gasteiger partial charge in [0.2, 0.25) is 0 Å². The maximum absolute atomic E-state index is 11.9. The summed E-state index contributed by atoms with van der Waals surface area (Å²) in [6, 6.07) is 10.0. The highest BCUT2D eigenvalue weighted by Crippen LogP contribution is 2.53. The van der Waals surface area contributed by atoms with Gasteiger partial charge in [-0.15, -0.1) is 0 Å². The van der Waals surface area contributed by atoms with Crippen molar-refractivity contribution >= 4 is 36.6 Å². The zero-order chi connectivity index (χ0) is 23.3. The average Bonchev–Trinajstić information content (AvgIpc) is 3.56. The van der Waals surface area contributed by atoms with Crippen molar-refractivity contribution in [1.82, 2.24) is 19.5 Å². The molecule has 3 saturated heterocycles. The van der Waals surface area contributed by atoms with E-state index in [0.29, 0.717) is 22.1 Å². The minimum Gasteiger partial charge on any atom is -0.386 e. The van der Waals surface area contributed by atoms with Crippen molar-refractivity contribution in [2.75, 3.05) is 24.6 Å². The SMILES string of the molecule is O=P1(O)OCC2OC(n3c(SCc4ccccc4)nc4c(N5CCCC5)ncnc43)C(O)C2O1. The third-order valence-corrected chi connectivity index (χ3v) is 8.27. The van der Waals surface area contributed by atoms with Gasteiger partial charge in [-0.2, -0.15) is 0 Å². The Labute approximate surface area is 199 Å². The lowest BCUT2D eigenvalue weighted by Gasteiger charge is -2.27. The molecule has 6 rings (SSSR count). The molecule has 3 aliphatic rings. The van der Waals surface area contributed by atoms with Gasteiger partial charge in [0.15, 0.2) is 28.4 Å². The van der Waals surface area contributed by atoms with Crippen LogP contribution >= 0.6 is 19.6 Å². The Balaban J connectivity index is 1.41. The van der Waals surface area contributed by atoms with E-state index in [9.17, 15) is 14.6 Å². The molecule has 180 valence electrons. The van der Waals surface area contributed by atoms with Crippen LogP contribution in [0.25, 0.3) is 11.2 Å².